The van der Waals surface area contributed by atoms with Gasteiger partial charge in [-0.25, -0.2) is 4.39 Å². The minimum atomic E-state index is -0.113. The predicted octanol–water partition coefficient (Wildman–Crippen LogP) is 3.52. The highest BCUT2D eigenvalue weighted by Gasteiger charge is 2.44. The van der Waals surface area contributed by atoms with E-state index in [2.05, 4.69) is 19.2 Å². The van der Waals surface area contributed by atoms with E-state index < -0.39 is 0 Å². The molecule has 0 aliphatic heterocycles. The molecule has 1 N–H and O–H groups in total. The smallest absolute Gasteiger partial charge is 0.127 e. The molecule has 1 aromatic rings. The van der Waals surface area contributed by atoms with Crippen molar-refractivity contribution in [2.75, 3.05) is 6.54 Å². The van der Waals surface area contributed by atoms with Gasteiger partial charge in [0.1, 0.15) is 5.82 Å². The number of hydrogen-bond donors (Lipinski definition) is 1. The monoisotopic (exact) mass is 221 g/mol. The maximum absolute atomic E-state index is 13.5. The van der Waals surface area contributed by atoms with Gasteiger partial charge in [-0.2, -0.15) is 0 Å². The topological polar surface area (TPSA) is 12.0 Å². The molecule has 2 atom stereocenters. The summed E-state index contributed by atoms with van der Waals surface area (Å²) in [6, 6.07) is 7.09. The SMILES string of the molecule is CC(NCC1CC1(C)C)c1ccccc1F. The number of hydrogen-bond acceptors (Lipinski definition) is 1. The summed E-state index contributed by atoms with van der Waals surface area (Å²) in [6.45, 7) is 7.58. The highest BCUT2D eigenvalue weighted by atomic mass is 19.1. The molecular weight excluding hydrogens is 201 g/mol. The Bertz CT molecular complexity index is 373. The van der Waals surface area contributed by atoms with Gasteiger partial charge in [0.15, 0.2) is 0 Å². The second-order valence-corrected chi connectivity index (χ2v) is 5.54. The van der Waals surface area contributed by atoms with Crippen LogP contribution in [-0.2, 0) is 0 Å². The highest BCUT2D eigenvalue weighted by Crippen LogP contribution is 2.51. The second kappa shape index (κ2) is 4.17. The Balaban J connectivity index is 1.89. The lowest BCUT2D eigenvalue weighted by molar-refractivity contribution is 0.473. The van der Waals surface area contributed by atoms with Crippen LogP contribution in [0.1, 0.15) is 38.8 Å². The zero-order valence-electron chi connectivity index (χ0n) is 10.3. The molecule has 0 heterocycles. The number of halogens is 1. The molecule has 2 unspecified atom stereocenters. The van der Waals surface area contributed by atoms with Crippen molar-refractivity contribution in [3.8, 4) is 0 Å². The summed E-state index contributed by atoms with van der Waals surface area (Å²) < 4.78 is 13.5. The summed E-state index contributed by atoms with van der Waals surface area (Å²) in [5, 5.41) is 3.42. The van der Waals surface area contributed by atoms with Gasteiger partial charge in [-0.1, -0.05) is 32.0 Å². The Morgan fingerprint density at radius 2 is 2.06 bits per heavy atom. The molecule has 16 heavy (non-hydrogen) atoms. The van der Waals surface area contributed by atoms with Crippen LogP contribution in [-0.4, -0.2) is 6.54 Å². The number of nitrogens with one attached hydrogen (secondary N) is 1. The van der Waals surface area contributed by atoms with Crippen molar-refractivity contribution in [2.24, 2.45) is 11.3 Å². The van der Waals surface area contributed by atoms with Gasteiger partial charge in [-0.3, -0.25) is 0 Å². The summed E-state index contributed by atoms with van der Waals surface area (Å²) in [4.78, 5) is 0. The van der Waals surface area contributed by atoms with Crippen molar-refractivity contribution in [1.82, 2.24) is 5.32 Å². The van der Waals surface area contributed by atoms with Crippen LogP contribution in [0.3, 0.4) is 0 Å². The van der Waals surface area contributed by atoms with Crippen LogP contribution in [0.5, 0.6) is 0 Å². The summed E-state index contributed by atoms with van der Waals surface area (Å²) in [5.41, 5.74) is 1.25. The van der Waals surface area contributed by atoms with E-state index >= 15 is 0 Å². The van der Waals surface area contributed by atoms with Crippen molar-refractivity contribution < 1.29 is 4.39 Å². The van der Waals surface area contributed by atoms with E-state index in [4.69, 9.17) is 0 Å². The normalized spacial score (nSPS) is 24.1. The molecule has 0 aromatic heterocycles. The Morgan fingerprint density at radius 3 is 2.62 bits per heavy atom. The van der Waals surface area contributed by atoms with Crippen LogP contribution in [0.4, 0.5) is 4.39 Å². The van der Waals surface area contributed by atoms with Crippen LogP contribution in [0.25, 0.3) is 0 Å². The predicted molar refractivity (Wildman–Crippen MR) is 64.7 cm³/mol. The minimum absolute atomic E-state index is 0.0950. The summed E-state index contributed by atoms with van der Waals surface area (Å²) in [5.74, 6) is 0.638. The van der Waals surface area contributed by atoms with Crippen molar-refractivity contribution in [3.63, 3.8) is 0 Å². The molecule has 0 saturated heterocycles. The summed E-state index contributed by atoms with van der Waals surface area (Å²) >= 11 is 0. The van der Waals surface area contributed by atoms with Gasteiger partial charge in [-0.05, 0) is 37.3 Å². The van der Waals surface area contributed by atoms with Gasteiger partial charge in [0, 0.05) is 11.6 Å². The van der Waals surface area contributed by atoms with Crippen LogP contribution in [0.15, 0.2) is 24.3 Å². The first-order valence-electron chi connectivity index (χ1n) is 5.98. The molecule has 1 saturated carbocycles. The maximum atomic E-state index is 13.5. The van der Waals surface area contributed by atoms with E-state index in [9.17, 15) is 4.39 Å². The third kappa shape index (κ3) is 2.43. The first-order valence-corrected chi connectivity index (χ1v) is 5.98. The Labute approximate surface area is 97.1 Å². The molecule has 2 rings (SSSR count). The fourth-order valence-electron chi connectivity index (χ4n) is 2.18. The summed E-state index contributed by atoms with van der Waals surface area (Å²) in [7, 11) is 0. The van der Waals surface area contributed by atoms with E-state index in [0.717, 1.165) is 18.0 Å². The van der Waals surface area contributed by atoms with E-state index in [0.29, 0.717) is 5.41 Å². The van der Waals surface area contributed by atoms with E-state index in [1.165, 1.54) is 12.5 Å². The number of benzene rings is 1. The first-order chi connectivity index (χ1) is 7.50. The Hall–Kier alpha value is -0.890. The van der Waals surface area contributed by atoms with Crippen LogP contribution < -0.4 is 5.32 Å². The zero-order chi connectivity index (χ0) is 11.8. The quantitative estimate of drug-likeness (QED) is 0.820. The fourth-order valence-corrected chi connectivity index (χ4v) is 2.18. The van der Waals surface area contributed by atoms with E-state index in [-0.39, 0.29) is 11.9 Å². The first kappa shape index (κ1) is 11.6. The van der Waals surface area contributed by atoms with Gasteiger partial charge < -0.3 is 5.32 Å². The van der Waals surface area contributed by atoms with Gasteiger partial charge in [0.05, 0.1) is 0 Å². The molecule has 2 heteroatoms. The van der Waals surface area contributed by atoms with Crippen molar-refractivity contribution in [3.05, 3.63) is 35.6 Å². The average Bonchev–Trinajstić information content (AvgIpc) is 2.84. The average molecular weight is 221 g/mol. The molecule has 1 nitrogen and oxygen atoms in total. The summed E-state index contributed by atoms with van der Waals surface area (Å²) in [6.07, 6.45) is 1.28. The molecule has 88 valence electrons. The minimum Gasteiger partial charge on any atom is -0.310 e. The Kier molecular flexibility index (Phi) is 3.02. The maximum Gasteiger partial charge on any atom is 0.127 e. The molecule has 0 bridgehead atoms. The van der Waals surface area contributed by atoms with Gasteiger partial charge in [0.2, 0.25) is 0 Å². The lowest BCUT2D eigenvalue weighted by atomic mass is 10.1. The van der Waals surface area contributed by atoms with E-state index in [1.807, 2.05) is 19.1 Å². The largest absolute Gasteiger partial charge is 0.310 e. The Morgan fingerprint density at radius 1 is 1.44 bits per heavy atom. The van der Waals surface area contributed by atoms with Crippen molar-refractivity contribution in [1.29, 1.82) is 0 Å². The zero-order valence-corrected chi connectivity index (χ0v) is 10.3. The standard InChI is InChI=1S/C14H20FN/c1-10(12-6-4-5-7-13(12)15)16-9-11-8-14(11,2)3/h4-7,10-11,16H,8-9H2,1-3H3. The molecular formula is C14H20FN. The van der Waals surface area contributed by atoms with Crippen molar-refractivity contribution >= 4 is 0 Å². The third-order valence-electron chi connectivity index (χ3n) is 3.76. The number of rotatable bonds is 4. The lowest BCUT2D eigenvalue weighted by Gasteiger charge is -2.15. The van der Waals surface area contributed by atoms with Gasteiger partial charge in [-0.15, -0.1) is 0 Å². The second-order valence-electron chi connectivity index (χ2n) is 5.54. The van der Waals surface area contributed by atoms with Crippen molar-refractivity contribution in [2.45, 2.75) is 33.2 Å². The van der Waals surface area contributed by atoms with Gasteiger partial charge >= 0.3 is 0 Å². The molecule has 1 aromatic carbocycles. The molecule has 1 aliphatic rings. The van der Waals surface area contributed by atoms with Gasteiger partial charge in [0.25, 0.3) is 0 Å². The molecule has 1 aliphatic carbocycles. The van der Waals surface area contributed by atoms with Crippen LogP contribution in [0.2, 0.25) is 0 Å². The van der Waals surface area contributed by atoms with Crippen LogP contribution >= 0.6 is 0 Å². The van der Waals surface area contributed by atoms with E-state index in [1.54, 1.807) is 6.07 Å². The molecule has 0 spiro atoms. The fraction of sp³-hybridized carbons (Fsp3) is 0.571. The third-order valence-corrected chi connectivity index (χ3v) is 3.76. The molecule has 0 amide bonds. The van der Waals surface area contributed by atoms with Crippen LogP contribution in [0, 0.1) is 17.2 Å². The molecule has 1 fully saturated rings. The molecule has 0 radical (unpaired) electrons. The lowest BCUT2D eigenvalue weighted by Crippen LogP contribution is -2.23. The highest BCUT2D eigenvalue weighted by molar-refractivity contribution is 5.20.